The molecule has 2 aliphatic carbocycles. The third-order valence-electron chi connectivity index (χ3n) is 4.72. The molecule has 0 heterocycles. The Morgan fingerprint density at radius 3 is 2.64 bits per heavy atom. The van der Waals surface area contributed by atoms with Crippen LogP contribution < -0.4 is 10.6 Å². The summed E-state index contributed by atoms with van der Waals surface area (Å²) in [5.41, 5.74) is 0.868. The molecule has 2 heteroatoms. The van der Waals surface area contributed by atoms with Gasteiger partial charge in [0, 0.05) is 11.6 Å². The molecule has 0 amide bonds. The van der Waals surface area contributed by atoms with Gasteiger partial charge in [-0.15, -0.1) is 0 Å². The van der Waals surface area contributed by atoms with Gasteiger partial charge in [0.15, 0.2) is 0 Å². The van der Waals surface area contributed by atoms with E-state index in [4.69, 9.17) is 0 Å². The van der Waals surface area contributed by atoms with Crippen molar-refractivity contribution in [2.75, 3.05) is 13.6 Å². The molecular weight excluding hydrogens is 172 g/mol. The zero-order valence-electron chi connectivity index (χ0n) is 9.98. The van der Waals surface area contributed by atoms with Gasteiger partial charge in [0.2, 0.25) is 0 Å². The highest BCUT2D eigenvalue weighted by atomic mass is 15.1. The zero-order valence-corrected chi connectivity index (χ0v) is 9.98. The van der Waals surface area contributed by atoms with Crippen LogP contribution in [0.5, 0.6) is 0 Å². The highest BCUT2D eigenvalue weighted by Crippen LogP contribution is 2.57. The molecule has 2 rings (SSSR count). The van der Waals surface area contributed by atoms with Gasteiger partial charge in [0.1, 0.15) is 0 Å². The molecule has 0 aliphatic heterocycles. The van der Waals surface area contributed by atoms with Crippen molar-refractivity contribution in [1.82, 2.24) is 10.6 Å². The van der Waals surface area contributed by atoms with Gasteiger partial charge in [-0.25, -0.2) is 0 Å². The Kier molecular flexibility index (Phi) is 2.39. The normalized spacial score (nSPS) is 44.6. The monoisotopic (exact) mass is 196 g/mol. The third-order valence-corrected chi connectivity index (χ3v) is 4.72. The lowest BCUT2D eigenvalue weighted by Crippen LogP contribution is -2.60. The predicted octanol–water partition coefficient (Wildman–Crippen LogP) is 1.76. The van der Waals surface area contributed by atoms with E-state index in [0.717, 1.165) is 12.5 Å². The van der Waals surface area contributed by atoms with E-state index < -0.39 is 0 Å². The van der Waals surface area contributed by atoms with Crippen LogP contribution in [0.3, 0.4) is 0 Å². The fraction of sp³-hybridized carbons (Fsp3) is 1.00. The Hall–Kier alpha value is -0.0800. The van der Waals surface area contributed by atoms with Crippen molar-refractivity contribution in [3.63, 3.8) is 0 Å². The summed E-state index contributed by atoms with van der Waals surface area (Å²) in [7, 11) is 2.12. The van der Waals surface area contributed by atoms with Crippen molar-refractivity contribution in [2.45, 2.75) is 51.6 Å². The van der Waals surface area contributed by atoms with E-state index in [-0.39, 0.29) is 0 Å². The van der Waals surface area contributed by atoms with Crippen LogP contribution in [0, 0.1) is 11.3 Å². The summed E-state index contributed by atoms with van der Waals surface area (Å²) in [5, 5.41) is 7.29. The smallest absolute Gasteiger partial charge is 0.0343 e. The van der Waals surface area contributed by atoms with Gasteiger partial charge in [0.25, 0.3) is 0 Å². The number of likely N-dealkylation sites (N-methyl/N-ethyl adjacent to an activating group) is 2. The predicted molar refractivity (Wildman–Crippen MR) is 60.4 cm³/mol. The van der Waals surface area contributed by atoms with E-state index in [2.05, 4.69) is 38.5 Å². The third kappa shape index (κ3) is 1.17. The van der Waals surface area contributed by atoms with Crippen molar-refractivity contribution in [2.24, 2.45) is 11.3 Å². The lowest BCUT2D eigenvalue weighted by molar-refractivity contribution is 0.128. The average molecular weight is 196 g/mol. The van der Waals surface area contributed by atoms with Gasteiger partial charge in [-0.3, -0.25) is 0 Å². The molecule has 2 fully saturated rings. The molecule has 2 N–H and O–H groups in total. The molecule has 3 atom stereocenters. The van der Waals surface area contributed by atoms with Crippen LogP contribution in [0.4, 0.5) is 0 Å². The molecule has 0 aromatic carbocycles. The average Bonchev–Trinajstić information content (AvgIpc) is 2.58. The van der Waals surface area contributed by atoms with Crippen molar-refractivity contribution in [3.8, 4) is 0 Å². The molecule has 0 unspecified atom stereocenters. The highest BCUT2D eigenvalue weighted by Gasteiger charge is 2.60. The Bertz CT molecular complexity index is 224. The second kappa shape index (κ2) is 3.21. The van der Waals surface area contributed by atoms with Gasteiger partial charge in [-0.1, -0.05) is 20.8 Å². The number of fused-ring (bicyclic) bond motifs is 2. The van der Waals surface area contributed by atoms with Gasteiger partial charge in [0.05, 0.1) is 0 Å². The summed E-state index contributed by atoms with van der Waals surface area (Å²) in [6.07, 6.45) is 4.15. The molecule has 2 bridgehead atoms. The Balaban J connectivity index is 2.26. The zero-order chi connectivity index (χ0) is 10.4. The first kappa shape index (κ1) is 10.4. The maximum absolute atomic E-state index is 3.74. The quantitative estimate of drug-likeness (QED) is 0.719. The Morgan fingerprint density at radius 2 is 2.07 bits per heavy atom. The topological polar surface area (TPSA) is 24.1 Å². The van der Waals surface area contributed by atoms with Crippen LogP contribution in [0.2, 0.25) is 0 Å². The van der Waals surface area contributed by atoms with Crippen molar-refractivity contribution >= 4 is 0 Å². The Labute approximate surface area is 87.8 Å². The number of nitrogens with one attached hydrogen (secondary N) is 2. The molecule has 0 spiro atoms. The fourth-order valence-corrected chi connectivity index (χ4v) is 4.18. The van der Waals surface area contributed by atoms with Crippen molar-refractivity contribution in [3.05, 3.63) is 0 Å². The molecule has 2 nitrogen and oxygen atoms in total. The fourth-order valence-electron chi connectivity index (χ4n) is 4.18. The van der Waals surface area contributed by atoms with Gasteiger partial charge in [-0.2, -0.15) is 0 Å². The molecule has 0 radical (unpaired) electrons. The van der Waals surface area contributed by atoms with Crippen molar-refractivity contribution < 1.29 is 0 Å². The summed E-state index contributed by atoms with van der Waals surface area (Å²) < 4.78 is 0. The molecule has 0 aromatic rings. The van der Waals surface area contributed by atoms with Crippen LogP contribution in [0.1, 0.15) is 40.0 Å². The number of hydrogen-bond acceptors (Lipinski definition) is 2. The number of hydrogen-bond donors (Lipinski definition) is 2. The van der Waals surface area contributed by atoms with E-state index in [9.17, 15) is 0 Å². The molecule has 14 heavy (non-hydrogen) atoms. The highest BCUT2D eigenvalue weighted by molar-refractivity contribution is 5.18. The summed E-state index contributed by atoms with van der Waals surface area (Å²) in [4.78, 5) is 0. The maximum atomic E-state index is 3.74. The van der Waals surface area contributed by atoms with Crippen LogP contribution >= 0.6 is 0 Å². The second-order valence-electron chi connectivity index (χ2n) is 5.67. The lowest BCUT2D eigenvalue weighted by atomic mass is 9.71. The summed E-state index contributed by atoms with van der Waals surface area (Å²) >= 11 is 0. The summed E-state index contributed by atoms with van der Waals surface area (Å²) in [6.45, 7) is 8.18. The molecule has 82 valence electrons. The van der Waals surface area contributed by atoms with Gasteiger partial charge in [-0.05, 0) is 44.2 Å². The summed E-state index contributed by atoms with van der Waals surface area (Å²) in [6, 6.07) is 0.647. The SMILES string of the molecule is CCN[C@]12CC[C@H](C1)C(C)(C)[C@H]2NC. The standard InChI is InChI=1S/C12H24N2/c1-5-14-12-7-6-9(8-12)11(2,3)10(12)13-4/h9-10,13-14H,5-8H2,1-4H3/t9-,10-,12-/m1/s1. The first-order valence-electron chi connectivity index (χ1n) is 5.99. The van der Waals surface area contributed by atoms with E-state index in [0.29, 0.717) is 17.0 Å². The van der Waals surface area contributed by atoms with Gasteiger partial charge >= 0.3 is 0 Å². The van der Waals surface area contributed by atoms with E-state index in [1.54, 1.807) is 0 Å². The van der Waals surface area contributed by atoms with Crippen LogP contribution in [0.25, 0.3) is 0 Å². The van der Waals surface area contributed by atoms with Crippen molar-refractivity contribution in [1.29, 1.82) is 0 Å². The first-order chi connectivity index (χ1) is 6.57. The van der Waals surface area contributed by atoms with E-state index in [1.165, 1.54) is 19.3 Å². The lowest BCUT2D eigenvalue weighted by Gasteiger charge is -2.44. The van der Waals surface area contributed by atoms with Crippen LogP contribution in [-0.2, 0) is 0 Å². The second-order valence-corrected chi connectivity index (χ2v) is 5.67. The molecule has 2 aliphatic rings. The largest absolute Gasteiger partial charge is 0.315 e. The maximum Gasteiger partial charge on any atom is 0.0343 e. The van der Waals surface area contributed by atoms with Gasteiger partial charge < -0.3 is 10.6 Å². The Morgan fingerprint density at radius 1 is 1.36 bits per heavy atom. The minimum absolute atomic E-state index is 0.400. The minimum Gasteiger partial charge on any atom is -0.315 e. The molecule has 0 saturated heterocycles. The summed E-state index contributed by atoms with van der Waals surface area (Å²) in [5.74, 6) is 0.916. The van der Waals surface area contributed by atoms with Crippen LogP contribution in [-0.4, -0.2) is 25.2 Å². The first-order valence-corrected chi connectivity index (χ1v) is 5.99. The van der Waals surface area contributed by atoms with E-state index in [1.807, 2.05) is 0 Å². The molecule has 2 saturated carbocycles. The molecule has 0 aromatic heterocycles. The van der Waals surface area contributed by atoms with E-state index >= 15 is 0 Å². The number of rotatable bonds is 3. The minimum atomic E-state index is 0.400. The molecular formula is C12H24N2. The van der Waals surface area contributed by atoms with Crippen LogP contribution in [0.15, 0.2) is 0 Å².